The predicted octanol–water partition coefficient (Wildman–Crippen LogP) is 3.10. The van der Waals surface area contributed by atoms with E-state index in [0.717, 1.165) is 5.56 Å². The Labute approximate surface area is 128 Å². The number of nitrogens with zero attached hydrogens (tertiary/aromatic N) is 1. The van der Waals surface area contributed by atoms with Crippen LogP contribution in [0.5, 0.6) is 0 Å². The monoisotopic (exact) mass is 350 g/mol. The highest BCUT2D eigenvalue weighted by Gasteiger charge is 2.15. The van der Waals surface area contributed by atoms with Crippen LogP contribution in [0.25, 0.3) is 0 Å². The number of non-ortho nitro benzene ring substituents is 1. The van der Waals surface area contributed by atoms with Crippen LogP contribution >= 0.6 is 15.9 Å². The van der Waals surface area contributed by atoms with Gasteiger partial charge in [0.2, 0.25) is 0 Å². The smallest absolute Gasteiger partial charge is 0.270 e. The lowest BCUT2D eigenvalue weighted by Crippen LogP contribution is -2.13. The van der Waals surface area contributed by atoms with Gasteiger partial charge in [0.05, 0.1) is 17.1 Å². The molecule has 1 amide bonds. The van der Waals surface area contributed by atoms with E-state index in [9.17, 15) is 14.9 Å². The van der Waals surface area contributed by atoms with Gasteiger partial charge in [-0.1, -0.05) is 12.1 Å². The molecule has 0 heterocycles. The molecule has 0 aliphatic rings. The van der Waals surface area contributed by atoms with E-state index in [-0.39, 0.29) is 17.9 Å². The summed E-state index contributed by atoms with van der Waals surface area (Å²) < 4.78 is 0.470. The Hall–Kier alpha value is -2.25. The standard InChI is InChI=1S/C14H11BrN2O4/c15-13-6-5-11(17(20)21)7-12(13)14(19)16-10-3-1-9(8-18)2-4-10/h1-7,18H,8H2,(H,16,19). The molecule has 0 saturated carbocycles. The molecular formula is C14H11BrN2O4. The molecule has 2 rings (SSSR count). The van der Waals surface area contributed by atoms with Crippen molar-refractivity contribution in [1.82, 2.24) is 0 Å². The number of aliphatic hydroxyl groups excluding tert-OH is 1. The van der Waals surface area contributed by atoms with E-state index in [0.29, 0.717) is 10.2 Å². The van der Waals surface area contributed by atoms with Gasteiger partial charge < -0.3 is 10.4 Å². The minimum Gasteiger partial charge on any atom is -0.392 e. The Morgan fingerprint density at radius 2 is 1.90 bits per heavy atom. The van der Waals surface area contributed by atoms with Gasteiger partial charge in [-0.15, -0.1) is 0 Å². The Morgan fingerprint density at radius 3 is 2.48 bits per heavy atom. The van der Waals surface area contributed by atoms with E-state index < -0.39 is 10.8 Å². The molecule has 108 valence electrons. The first-order valence-electron chi connectivity index (χ1n) is 5.96. The first kappa shape index (κ1) is 15.1. The molecule has 0 radical (unpaired) electrons. The Morgan fingerprint density at radius 1 is 1.24 bits per heavy atom. The number of hydrogen-bond donors (Lipinski definition) is 2. The van der Waals surface area contributed by atoms with Gasteiger partial charge in [0.15, 0.2) is 0 Å². The van der Waals surface area contributed by atoms with Crippen LogP contribution in [-0.2, 0) is 6.61 Å². The quantitative estimate of drug-likeness (QED) is 0.654. The van der Waals surface area contributed by atoms with Gasteiger partial charge in [0, 0.05) is 22.3 Å². The summed E-state index contributed by atoms with van der Waals surface area (Å²) in [5, 5.41) is 22.3. The fourth-order valence-corrected chi connectivity index (χ4v) is 2.12. The second-order valence-electron chi connectivity index (χ2n) is 4.23. The van der Waals surface area contributed by atoms with Crippen LogP contribution in [0.2, 0.25) is 0 Å². The maximum atomic E-state index is 12.2. The highest BCUT2D eigenvalue weighted by Crippen LogP contribution is 2.23. The lowest BCUT2D eigenvalue weighted by molar-refractivity contribution is -0.384. The van der Waals surface area contributed by atoms with Crippen molar-refractivity contribution in [2.45, 2.75) is 6.61 Å². The Balaban J connectivity index is 2.23. The molecular weight excluding hydrogens is 340 g/mol. The average molecular weight is 351 g/mol. The molecule has 0 bridgehead atoms. The first-order valence-corrected chi connectivity index (χ1v) is 6.75. The number of carbonyl (C=O) groups is 1. The zero-order chi connectivity index (χ0) is 15.4. The summed E-state index contributed by atoms with van der Waals surface area (Å²) >= 11 is 3.20. The SMILES string of the molecule is O=C(Nc1ccc(CO)cc1)c1cc([N+](=O)[O-])ccc1Br. The van der Waals surface area contributed by atoms with Crippen LogP contribution in [0.3, 0.4) is 0 Å². The minimum atomic E-state index is -0.556. The molecule has 2 aromatic carbocycles. The van der Waals surface area contributed by atoms with E-state index in [1.165, 1.54) is 18.2 Å². The van der Waals surface area contributed by atoms with Crippen molar-refractivity contribution in [2.24, 2.45) is 0 Å². The number of nitro groups is 1. The molecule has 2 aromatic rings. The highest BCUT2D eigenvalue weighted by molar-refractivity contribution is 9.10. The largest absolute Gasteiger partial charge is 0.392 e. The van der Waals surface area contributed by atoms with Crippen molar-refractivity contribution < 1.29 is 14.8 Å². The molecule has 0 aliphatic carbocycles. The third kappa shape index (κ3) is 3.65. The van der Waals surface area contributed by atoms with Crippen molar-refractivity contribution >= 4 is 33.2 Å². The third-order valence-electron chi connectivity index (χ3n) is 2.80. The molecule has 0 aromatic heterocycles. The molecule has 0 saturated heterocycles. The molecule has 0 fully saturated rings. The normalized spacial score (nSPS) is 10.2. The molecule has 7 heteroatoms. The van der Waals surface area contributed by atoms with Gasteiger partial charge in [-0.2, -0.15) is 0 Å². The van der Waals surface area contributed by atoms with E-state index >= 15 is 0 Å². The number of carbonyl (C=O) groups excluding carboxylic acids is 1. The fraction of sp³-hybridized carbons (Fsp3) is 0.0714. The van der Waals surface area contributed by atoms with Crippen molar-refractivity contribution in [3.05, 3.63) is 68.2 Å². The minimum absolute atomic E-state index is 0.0787. The van der Waals surface area contributed by atoms with Crippen LogP contribution in [0.4, 0.5) is 11.4 Å². The van der Waals surface area contributed by atoms with Crippen LogP contribution in [0.15, 0.2) is 46.9 Å². The van der Waals surface area contributed by atoms with Gasteiger partial charge in [0.1, 0.15) is 0 Å². The topological polar surface area (TPSA) is 92.5 Å². The molecule has 0 unspecified atom stereocenters. The zero-order valence-electron chi connectivity index (χ0n) is 10.7. The number of hydrogen-bond acceptors (Lipinski definition) is 4. The van der Waals surface area contributed by atoms with Crippen LogP contribution < -0.4 is 5.32 Å². The molecule has 21 heavy (non-hydrogen) atoms. The molecule has 0 aliphatic heterocycles. The van der Waals surface area contributed by atoms with Gasteiger partial charge in [0.25, 0.3) is 11.6 Å². The van der Waals surface area contributed by atoms with E-state index in [2.05, 4.69) is 21.2 Å². The maximum absolute atomic E-state index is 12.2. The molecule has 0 spiro atoms. The summed E-state index contributed by atoms with van der Waals surface area (Å²) in [4.78, 5) is 22.3. The van der Waals surface area contributed by atoms with Crippen molar-refractivity contribution in [3.63, 3.8) is 0 Å². The number of halogens is 1. The van der Waals surface area contributed by atoms with Gasteiger partial charge in [-0.05, 0) is 39.7 Å². The lowest BCUT2D eigenvalue weighted by Gasteiger charge is -2.07. The molecule has 6 nitrogen and oxygen atoms in total. The number of rotatable bonds is 4. The predicted molar refractivity (Wildman–Crippen MR) is 81.1 cm³/mol. The van der Waals surface area contributed by atoms with E-state index in [1.54, 1.807) is 24.3 Å². The average Bonchev–Trinajstić information content (AvgIpc) is 2.48. The summed E-state index contributed by atoms with van der Waals surface area (Å²) in [7, 11) is 0. The fourth-order valence-electron chi connectivity index (χ4n) is 1.69. The number of aliphatic hydroxyl groups is 1. The summed E-state index contributed by atoms with van der Waals surface area (Å²) in [5.74, 6) is -0.456. The second kappa shape index (κ2) is 6.47. The van der Waals surface area contributed by atoms with Gasteiger partial charge >= 0.3 is 0 Å². The summed E-state index contributed by atoms with van der Waals surface area (Å²) in [6.07, 6.45) is 0. The molecule has 0 atom stereocenters. The van der Waals surface area contributed by atoms with Crippen molar-refractivity contribution in [1.29, 1.82) is 0 Å². The van der Waals surface area contributed by atoms with Crippen LogP contribution in [-0.4, -0.2) is 15.9 Å². The van der Waals surface area contributed by atoms with Crippen molar-refractivity contribution in [3.8, 4) is 0 Å². The summed E-state index contributed by atoms with van der Waals surface area (Å²) in [6, 6.07) is 10.6. The zero-order valence-corrected chi connectivity index (χ0v) is 12.3. The number of amides is 1. The second-order valence-corrected chi connectivity index (χ2v) is 5.08. The number of nitro benzene ring substituents is 1. The number of anilines is 1. The first-order chi connectivity index (χ1) is 10.0. The maximum Gasteiger partial charge on any atom is 0.270 e. The van der Waals surface area contributed by atoms with E-state index in [4.69, 9.17) is 5.11 Å². The molecule has 2 N–H and O–H groups in total. The number of nitrogens with one attached hydrogen (secondary N) is 1. The van der Waals surface area contributed by atoms with Gasteiger partial charge in [-0.25, -0.2) is 0 Å². The summed E-state index contributed by atoms with van der Waals surface area (Å²) in [5.41, 5.74) is 1.29. The van der Waals surface area contributed by atoms with Gasteiger partial charge in [-0.3, -0.25) is 14.9 Å². The number of benzene rings is 2. The van der Waals surface area contributed by atoms with Crippen molar-refractivity contribution in [2.75, 3.05) is 5.32 Å². The summed E-state index contributed by atoms with van der Waals surface area (Å²) in [6.45, 7) is -0.0787. The Kier molecular flexibility index (Phi) is 4.66. The van der Waals surface area contributed by atoms with Crippen LogP contribution in [0, 0.1) is 10.1 Å². The lowest BCUT2D eigenvalue weighted by atomic mass is 10.1. The van der Waals surface area contributed by atoms with E-state index in [1.807, 2.05) is 0 Å². The third-order valence-corrected chi connectivity index (χ3v) is 3.49. The highest BCUT2D eigenvalue weighted by atomic mass is 79.9. The Bertz CT molecular complexity index is 686. The van der Waals surface area contributed by atoms with Crippen LogP contribution in [0.1, 0.15) is 15.9 Å².